The molecule has 1 N–H and O–H groups in total. The van der Waals surface area contributed by atoms with Crippen LogP contribution < -0.4 is 10.1 Å². The molecule has 5 nitrogen and oxygen atoms in total. The number of ether oxygens (including phenoxy) is 1. The maximum atomic E-state index is 8.85. The number of nitriles is 1. The third-order valence-electron chi connectivity index (χ3n) is 2.24. The van der Waals surface area contributed by atoms with Crippen LogP contribution in [0.1, 0.15) is 5.56 Å². The molecule has 2 aromatic rings. The summed E-state index contributed by atoms with van der Waals surface area (Å²) in [4.78, 5) is 7.78. The molecule has 18 heavy (non-hydrogen) atoms. The molecule has 0 aliphatic carbocycles. The molecule has 0 atom stereocenters. The Morgan fingerprint density at radius 1 is 1.28 bits per heavy atom. The Hall–Kier alpha value is -2.61. The van der Waals surface area contributed by atoms with Gasteiger partial charge in [-0.1, -0.05) is 18.2 Å². The second-order valence-corrected chi connectivity index (χ2v) is 3.49. The lowest BCUT2D eigenvalue weighted by molar-refractivity contribution is 0.333. The van der Waals surface area contributed by atoms with Crippen molar-refractivity contribution in [2.75, 3.05) is 18.5 Å². The van der Waals surface area contributed by atoms with Crippen molar-refractivity contribution in [2.45, 2.75) is 0 Å². The van der Waals surface area contributed by atoms with Crippen LogP contribution in [0.2, 0.25) is 0 Å². The molecule has 0 aliphatic rings. The third kappa shape index (κ3) is 3.19. The highest BCUT2D eigenvalue weighted by molar-refractivity contribution is 5.49. The molecule has 1 heterocycles. The van der Waals surface area contributed by atoms with Crippen molar-refractivity contribution in [3.63, 3.8) is 0 Å². The zero-order chi connectivity index (χ0) is 12.6. The van der Waals surface area contributed by atoms with Gasteiger partial charge in [-0.15, -0.1) is 0 Å². The van der Waals surface area contributed by atoms with Gasteiger partial charge in [0.25, 0.3) is 0 Å². The fraction of sp³-hybridized carbons (Fsp3) is 0.154. The van der Waals surface area contributed by atoms with Crippen LogP contribution >= 0.6 is 0 Å². The second kappa shape index (κ2) is 6.21. The van der Waals surface area contributed by atoms with Gasteiger partial charge in [0, 0.05) is 0 Å². The molecule has 0 unspecified atom stereocenters. The molecule has 0 spiro atoms. The van der Waals surface area contributed by atoms with Gasteiger partial charge in [0.1, 0.15) is 36.1 Å². The lowest BCUT2D eigenvalue weighted by Gasteiger charge is -2.08. The Balaban J connectivity index is 1.81. The van der Waals surface area contributed by atoms with E-state index < -0.39 is 0 Å². The van der Waals surface area contributed by atoms with E-state index >= 15 is 0 Å². The molecule has 1 aromatic heterocycles. The summed E-state index contributed by atoms with van der Waals surface area (Å²) in [6.07, 6.45) is 2.88. The highest BCUT2D eigenvalue weighted by atomic mass is 16.5. The zero-order valence-corrected chi connectivity index (χ0v) is 9.71. The number of nitrogens with one attached hydrogen (secondary N) is 1. The molecule has 0 saturated heterocycles. The molecule has 0 saturated carbocycles. The summed E-state index contributed by atoms with van der Waals surface area (Å²) in [5.41, 5.74) is 0.428. The Kier molecular flexibility index (Phi) is 4.09. The van der Waals surface area contributed by atoms with E-state index in [0.717, 1.165) is 5.75 Å². The van der Waals surface area contributed by atoms with Crippen LogP contribution in [0.3, 0.4) is 0 Å². The van der Waals surface area contributed by atoms with Crippen molar-refractivity contribution >= 4 is 5.82 Å². The van der Waals surface area contributed by atoms with Gasteiger partial charge in [0.05, 0.1) is 12.7 Å². The number of hydrogen-bond donors (Lipinski definition) is 1. The largest absolute Gasteiger partial charge is 0.492 e. The van der Waals surface area contributed by atoms with Crippen molar-refractivity contribution in [1.29, 1.82) is 5.26 Å². The van der Waals surface area contributed by atoms with Gasteiger partial charge in [-0.2, -0.15) is 5.26 Å². The molecular weight excluding hydrogens is 228 g/mol. The molecule has 0 aliphatic heterocycles. The minimum Gasteiger partial charge on any atom is -0.492 e. The number of aromatic nitrogens is 2. The molecule has 0 bridgehead atoms. The summed E-state index contributed by atoms with van der Waals surface area (Å²) < 4.78 is 5.51. The van der Waals surface area contributed by atoms with Gasteiger partial charge >= 0.3 is 0 Å². The quantitative estimate of drug-likeness (QED) is 0.807. The summed E-state index contributed by atoms with van der Waals surface area (Å²) in [7, 11) is 0. The lowest BCUT2D eigenvalue weighted by atomic mass is 10.3. The van der Waals surface area contributed by atoms with Crippen LogP contribution in [0.4, 0.5) is 5.82 Å². The summed E-state index contributed by atoms with van der Waals surface area (Å²) in [5, 5.41) is 11.9. The van der Waals surface area contributed by atoms with Crippen molar-refractivity contribution in [3.8, 4) is 11.8 Å². The van der Waals surface area contributed by atoms with Gasteiger partial charge in [-0.05, 0) is 12.1 Å². The van der Waals surface area contributed by atoms with Crippen LogP contribution in [0.15, 0.2) is 42.9 Å². The van der Waals surface area contributed by atoms with Crippen LogP contribution in [0.5, 0.6) is 5.75 Å². The first kappa shape index (κ1) is 11.9. The van der Waals surface area contributed by atoms with Crippen LogP contribution in [-0.2, 0) is 0 Å². The molecule has 0 amide bonds. The normalized spacial score (nSPS) is 9.50. The lowest BCUT2D eigenvalue weighted by Crippen LogP contribution is -2.13. The Labute approximate surface area is 105 Å². The Morgan fingerprint density at radius 2 is 2.11 bits per heavy atom. The monoisotopic (exact) mass is 240 g/mol. The predicted octanol–water partition coefficient (Wildman–Crippen LogP) is 1.84. The molecule has 5 heteroatoms. The van der Waals surface area contributed by atoms with Crippen molar-refractivity contribution in [1.82, 2.24) is 9.97 Å². The first-order valence-electron chi connectivity index (χ1n) is 5.52. The smallest absolute Gasteiger partial charge is 0.147 e. The SMILES string of the molecule is N#Cc1cncnc1NCCOc1ccccc1. The number of nitrogens with zero attached hydrogens (tertiary/aromatic N) is 3. The average Bonchev–Trinajstić information content (AvgIpc) is 2.45. The minimum atomic E-state index is 0.428. The number of para-hydroxylation sites is 1. The van der Waals surface area contributed by atoms with Crippen LogP contribution in [0.25, 0.3) is 0 Å². The van der Waals surface area contributed by atoms with Crippen molar-refractivity contribution in [2.24, 2.45) is 0 Å². The summed E-state index contributed by atoms with van der Waals surface area (Å²) in [5.74, 6) is 1.35. The van der Waals surface area contributed by atoms with Crippen LogP contribution in [0, 0.1) is 11.3 Å². The van der Waals surface area contributed by atoms with E-state index in [1.807, 2.05) is 36.4 Å². The zero-order valence-electron chi connectivity index (χ0n) is 9.71. The Bertz CT molecular complexity index is 536. The standard InChI is InChI=1S/C13H12N4O/c14-8-11-9-15-10-17-13(11)16-6-7-18-12-4-2-1-3-5-12/h1-5,9-10H,6-7H2,(H,15,16,17). The molecule has 0 fully saturated rings. The minimum absolute atomic E-state index is 0.428. The van der Waals surface area contributed by atoms with Gasteiger partial charge in [0.15, 0.2) is 0 Å². The summed E-state index contributed by atoms with van der Waals surface area (Å²) in [6, 6.07) is 11.6. The van der Waals surface area contributed by atoms with Crippen LogP contribution in [-0.4, -0.2) is 23.1 Å². The summed E-state index contributed by atoms with van der Waals surface area (Å²) >= 11 is 0. The second-order valence-electron chi connectivity index (χ2n) is 3.49. The van der Waals surface area contributed by atoms with Gasteiger partial charge in [-0.3, -0.25) is 0 Å². The van der Waals surface area contributed by atoms with Crippen molar-refractivity contribution < 1.29 is 4.74 Å². The summed E-state index contributed by atoms with van der Waals surface area (Å²) in [6.45, 7) is 1.07. The van der Waals surface area contributed by atoms with Gasteiger partial charge < -0.3 is 10.1 Å². The molecule has 1 aromatic carbocycles. The van der Waals surface area contributed by atoms with Gasteiger partial charge in [-0.25, -0.2) is 9.97 Å². The van der Waals surface area contributed by atoms with E-state index in [0.29, 0.717) is 24.5 Å². The third-order valence-corrected chi connectivity index (χ3v) is 2.24. The van der Waals surface area contributed by atoms with E-state index in [9.17, 15) is 0 Å². The average molecular weight is 240 g/mol. The number of anilines is 1. The van der Waals surface area contributed by atoms with E-state index in [1.165, 1.54) is 12.5 Å². The number of rotatable bonds is 5. The van der Waals surface area contributed by atoms with E-state index in [-0.39, 0.29) is 0 Å². The fourth-order valence-corrected chi connectivity index (χ4v) is 1.41. The first-order chi connectivity index (χ1) is 8.90. The molecule has 0 radical (unpaired) electrons. The first-order valence-corrected chi connectivity index (χ1v) is 5.52. The van der Waals surface area contributed by atoms with E-state index in [4.69, 9.17) is 10.00 Å². The fourth-order valence-electron chi connectivity index (χ4n) is 1.41. The van der Waals surface area contributed by atoms with E-state index in [1.54, 1.807) is 0 Å². The van der Waals surface area contributed by atoms with Gasteiger partial charge in [0.2, 0.25) is 0 Å². The highest BCUT2D eigenvalue weighted by Gasteiger charge is 2.01. The van der Waals surface area contributed by atoms with Crippen molar-refractivity contribution in [3.05, 3.63) is 48.4 Å². The molecule has 90 valence electrons. The number of benzene rings is 1. The maximum absolute atomic E-state index is 8.85. The number of hydrogen-bond acceptors (Lipinski definition) is 5. The highest BCUT2D eigenvalue weighted by Crippen LogP contribution is 2.09. The topological polar surface area (TPSA) is 70.8 Å². The van der Waals surface area contributed by atoms with E-state index in [2.05, 4.69) is 15.3 Å². The predicted molar refractivity (Wildman–Crippen MR) is 67.2 cm³/mol. The molecular formula is C13H12N4O. The molecule has 2 rings (SSSR count). The Morgan fingerprint density at radius 3 is 2.89 bits per heavy atom. The maximum Gasteiger partial charge on any atom is 0.147 e.